The van der Waals surface area contributed by atoms with Gasteiger partial charge in [-0.15, -0.1) is 0 Å². The monoisotopic (exact) mass is 465 g/mol. The maximum atomic E-state index is 16.1. The van der Waals surface area contributed by atoms with Crippen molar-refractivity contribution in [3.63, 3.8) is 0 Å². The van der Waals surface area contributed by atoms with Gasteiger partial charge in [-0.05, 0) is 48.0 Å². The van der Waals surface area contributed by atoms with Crippen LogP contribution < -0.4 is 5.32 Å². The van der Waals surface area contributed by atoms with Gasteiger partial charge in [0.1, 0.15) is 5.83 Å². The van der Waals surface area contributed by atoms with Crippen LogP contribution >= 0.6 is 11.6 Å². The van der Waals surface area contributed by atoms with Gasteiger partial charge in [-0.1, -0.05) is 66.2 Å². The second-order valence-electron chi connectivity index (χ2n) is 7.35. The first-order valence-electron chi connectivity index (χ1n) is 10.1. The fourth-order valence-corrected chi connectivity index (χ4v) is 3.69. The summed E-state index contributed by atoms with van der Waals surface area (Å²) in [7, 11) is 0. The Morgan fingerprint density at radius 1 is 0.939 bits per heavy atom. The molecule has 3 aromatic rings. The van der Waals surface area contributed by atoms with Crippen molar-refractivity contribution in [1.29, 1.82) is 0 Å². The predicted octanol–water partition coefficient (Wildman–Crippen LogP) is 6.37. The fraction of sp³-hybridized carbons (Fsp3) is 0.0769. The molecule has 0 fully saturated rings. The van der Waals surface area contributed by atoms with Gasteiger partial charge in [0.05, 0.1) is 5.56 Å². The molecule has 0 heterocycles. The van der Waals surface area contributed by atoms with Crippen LogP contribution in [-0.2, 0) is 9.53 Å². The van der Waals surface area contributed by atoms with E-state index in [-0.39, 0.29) is 16.8 Å². The Morgan fingerprint density at radius 3 is 2.27 bits per heavy atom. The van der Waals surface area contributed by atoms with Crippen LogP contribution in [0.2, 0.25) is 5.02 Å². The maximum Gasteiger partial charge on any atom is 0.341 e. The molecule has 166 valence electrons. The molecule has 0 bridgehead atoms. The van der Waals surface area contributed by atoms with E-state index < -0.39 is 29.5 Å². The van der Waals surface area contributed by atoms with E-state index in [1.807, 2.05) is 0 Å². The number of amides is 1. The summed E-state index contributed by atoms with van der Waals surface area (Å²) in [6, 6.07) is 22.2. The van der Waals surface area contributed by atoms with Crippen molar-refractivity contribution in [3.8, 4) is 0 Å². The number of anilines is 1. The smallest absolute Gasteiger partial charge is 0.341 e. The zero-order valence-corrected chi connectivity index (χ0v) is 17.9. The molecule has 2 atom stereocenters. The van der Waals surface area contributed by atoms with Crippen molar-refractivity contribution >= 4 is 34.7 Å². The van der Waals surface area contributed by atoms with Crippen LogP contribution in [-0.4, -0.2) is 17.7 Å². The molecule has 0 saturated heterocycles. The molecule has 1 aliphatic rings. The van der Waals surface area contributed by atoms with E-state index in [1.54, 1.807) is 60.7 Å². The number of ether oxygens (including phenoxy) is 1. The molecule has 0 radical (unpaired) electrons. The number of rotatable bonds is 5. The molecule has 1 amide bonds. The average Bonchev–Trinajstić information content (AvgIpc) is 2.80. The molecule has 4 nitrogen and oxygen atoms in total. The van der Waals surface area contributed by atoms with E-state index in [9.17, 15) is 9.59 Å². The Hall–Kier alpha value is -3.77. The third kappa shape index (κ3) is 4.86. The van der Waals surface area contributed by atoms with E-state index in [4.69, 9.17) is 16.3 Å². The van der Waals surface area contributed by atoms with Crippen LogP contribution in [0.15, 0.2) is 103 Å². The second-order valence-corrected chi connectivity index (χ2v) is 7.78. The maximum absolute atomic E-state index is 16.1. The van der Waals surface area contributed by atoms with Gasteiger partial charge in [0, 0.05) is 16.3 Å². The molecule has 2 unspecified atom stereocenters. The van der Waals surface area contributed by atoms with Crippen molar-refractivity contribution in [2.75, 3.05) is 5.32 Å². The highest BCUT2D eigenvalue weighted by Gasteiger charge is 2.51. The highest BCUT2D eigenvalue weighted by Crippen LogP contribution is 2.42. The quantitative estimate of drug-likeness (QED) is 0.445. The first-order chi connectivity index (χ1) is 15.9. The van der Waals surface area contributed by atoms with Crippen molar-refractivity contribution in [1.82, 2.24) is 0 Å². The number of alkyl halides is 1. The lowest BCUT2D eigenvalue weighted by molar-refractivity contribution is -0.139. The third-order valence-corrected chi connectivity index (χ3v) is 5.31. The van der Waals surface area contributed by atoms with Crippen molar-refractivity contribution in [2.45, 2.75) is 5.85 Å². The van der Waals surface area contributed by atoms with Crippen LogP contribution in [0.25, 0.3) is 5.57 Å². The van der Waals surface area contributed by atoms with Gasteiger partial charge in [-0.3, -0.25) is 4.79 Å². The van der Waals surface area contributed by atoms with Gasteiger partial charge in [0.2, 0.25) is 5.91 Å². The van der Waals surface area contributed by atoms with Crippen LogP contribution in [0.1, 0.15) is 15.9 Å². The summed E-state index contributed by atoms with van der Waals surface area (Å²) in [5.74, 6) is -8.26. The first-order valence-corrected chi connectivity index (χ1v) is 10.4. The number of nitrogens with one attached hydrogen (secondary N) is 1. The van der Waals surface area contributed by atoms with Crippen molar-refractivity contribution in [3.05, 3.63) is 119 Å². The van der Waals surface area contributed by atoms with E-state index in [0.29, 0.717) is 10.6 Å². The van der Waals surface area contributed by atoms with Crippen molar-refractivity contribution in [2.24, 2.45) is 5.92 Å². The van der Waals surface area contributed by atoms with Crippen molar-refractivity contribution < 1.29 is 23.1 Å². The van der Waals surface area contributed by atoms with Crippen LogP contribution in [0, 0.1) is 5.92 Å². The molecule has 33 heavy (non-hydrogen) atoms. The van der Waals surface area contributed by atoms with Crippen LogP contribution in [0.3, 0.4) is 0 Å². The number of esters is 1. The Balaban J connectivity index is 1.72. The summed E-state index contributed by atoms with van der Waals surface area (Å²) in [6.45, 7) is 0. The van der Waals surface area contributed by atoms with E-state index >= 15 is 8.78 Å². The first kappa shape index (κ1) is 22.4. The zero-order chi connectivity index (χ0) is 23.4. The minimum Gasteiger partial charge on any atom is -0.420 e. The predicted molar refractivity (Wildman–Crippen MR) is 123 cm³/mol. The minimum absolute atomic E-state index is 0.0193. The summed E-state index contributed by atoms with van der Waals surface area (Å²) < 4.78 is 36.8. The molecule has 4 rings (SSSR count). The van der Waals surface area contributed by atoms with Gasteiger partial charge in [0.25, 0.3) is 5.85 Å². The number of benzene rings is 3. The Morgan fingerprint density at radius 2 is 1.61 bits per heavy atom. The molecule has 0 aromatic heterocycles. The molecule has 7 heteroatoms. The van der Waals surface area contributed by atoms with Gasteiger partial charge in [0.15, 0.2) is 5.92 Å². The summed E-state index contributed by atoms with van der Waals surface area (Å²) in [5.41, 5.74) is 0.775. The topological polar surface area (TPSA) is 55.4 Å². The lowest BCUT2D eigenvalue weighted by Gasteiger charge is -2.32. The van der Waals surface area contributed by atoms with Gasteiger partial charge >= 0.3 is 5.97 Å². The normalized spacial score (nSPS) is 19.8. The Bertz CT molecular complexity index is 1240. The van der Waals surface area contributed by atoms with Gasteiger partial charge in [-0.25, -0.2) is 9.18 Å². The van der Waals surface area contributed by atoms with Gasteiger partial charge in [-0.2, -0.15) is 4.39 Å². The minimum atomic E-state index is -3.06. The number of hydrogen-bond donors (Lipinski definition) is 1. The Kier molecular flexibility index (Phi) is 6.38. The van der Waals surface area contributed by atoms with Crippen LogP contribution in [0.5, 0.6) is 0 Å². The summed E-state index contributed by atoms with van der Waals surface area (Å²) in [5, 5.41) is 2.79. The number of carbonyl (C=O) groups excluding carboxylic acids is 2. The molecule has 0 aliphatic heterocycles. The lowest BCUT2D eigenvalue weighted by Crippen LogP contribution is -2.45. The number of carbonyl (C=O) groups is 2. The fourth-order valence-electron chi connectivity index (χ4n) is 3.50. The SMILES string of the molecule is O=C(OC1(F)C=CC(c2ccccc2)=C(F)C1C(=O)Nc1cccc(Cl)c1)c1ccccc1. The van der Waals surface area contributed by atoms with E-state index in [2.05, 4.69) is 5.32 Å². The molecule has 1 N–H and O–H groups in total. The molecule has 3 aromatic carbocycles. The number of allylic oxidation sites excluding steroid dienone is 2. The van der Waals surface area contributed by atoms with Crippen LogP contribution in [0.4, 0.5) is 14.5 Å². The highest BCUT2D eigenvalue weighted by molar-refractivity contribution is 6.30. The average molecular weight is 466 g/mol. The van der Waals surface area contributed by atoms with E-state index in [1.165, 1.54) is 30.3 Å². The second kappa shape index (κ2) is 9.38. The molecule has 1 aliphatic carbocycles. The third-order valence-electron chi connectivity index (χ3n) is 5.08. The molecular formula is C26H18ClF2NO3. The summed E-state index contributed by atoms with van der Waals surface area (Å²) in [6.07, 6.45) is 2.06. The summed E-state index contributed by atoms with van der Waals surface area (Å²) >= 11 is 5.95. The van der Waals surface area contributed by atoms with E-state index in [0.717, 1.165) is 6.08 Å². The largest absolute Gasteiger partial charge is 0.420 e. The standard InChI is InChI=1S/C26H18ClF2NO3/c27-19-12-7-13-20(16-19)30-24(31)22-23(28)21(17-8-3-1-4-9-17)14-15-26(22,29)33-25(32)18-10-5-2-6-11-18/h1-16,22H,(H,30,31). The molecule has 0 spiro atoms. The molecular weight excluding hydrogens is 448 g/mol. The number of halogens is 3. The highest BCUT2D eigenvalue weighted by atomic mass is 35.5. The zero-order valence-electron chi connectivity index (χ0n) is 17.2. The van der Waals surface area contributed by atoms with Gasteiger partial charge < -0.3 is 10.1 Å². The summed E-state index contributed by atoms with van der Waals surface area (Å²) in [4.78, 5) is 25.7. The molecule has 0 saturated carbocycles. The lowest BCUT2D eigenvalue weighted by atomic mass is 9.86. The Labute approximate surface area is 194 Å². The number of hydrogen-bond acceptors (Lipinski definition) is 3.